The summed E-state index contributed by atoms with van der Waals surface area (Å²) >= 11 is 0. The quantitative estimate of drug-likeness (QED) is 0.800. The van der Waals surface area contributed by atoms with Gasteiger partial charge in [-0.05, 0) is 31.7 Å². The van der Waals surface area contributed by atoms with E-state index < -0.39 is 0 Å². The fourth-order valence-electron chi connectivity index (χ4n) is 3.39. The lowest BCUT2D eigenvalue weighted by Gasteiger charge is -2.38. The molecule has 0 atom stereocenters. The summed E-state index contributed by atoms with van der Waals surface area (Å²) in [5.41, 5.74) is 1.08. The fraction of sp³-hybridized carbons (Fsp3) is 0.647. The summed E-state index contributed by atoms with van der Waals surface area (Å²) in [6.45, 7) is 3.34. The van der Waals surface area contributed by atoms with Crippen molar-refractivity contribution < 1.29 is 4.52 Å². The molecular weight excluding hydrogens is 306 g/mol. The molecular formula is C17H21N5O2. The maximum absolute atomic E-state index is 12.0. The first kappa shape index (κ1) is 14.3. The Morgan fingerprint density at radius 1 is 1.12 bits per heavy atom. The number of hydrogen-bond acceptors (Lipinski definition) is 6. The van der Waals surface area contributed by atoms with Gasteiger partial charge in [-0.2, -0.15) is 10.1 Å². The maximum Gasteiger partial charge on any atom is 0.266 e. The van der Waals surface area contributed by atoms with Crippen molar-refractivity contribution >= 4 is 0 Å². The summed E-state index contributed by atoms with van der Waals surface area (Å²) in [6.07, 6.45) is 4.76. The van der Waals surface area contributed by atoms with Crippen molar-refractivity contribution in [2.24, 2.45) is 5.92 Å². The van der Waals surface area contributed by atoms with Crippen molar-refractivity contribution in [3.8, 4) is 0 Å². The van der Waals surface area contributed by atoms with Crippen molar-refractivity contribution in [3.63, 3.8) is 0 Å². The highest BCUT2D eigenvalue weighted by molar-refractivity contribution is 5.12. The van der Waals surface area contributed by atoms with Crippen LogP contribution in [0.4, 0.5) is 0 Å². The smallest absolute Gasteiger partial charge is 0.266 e. The van der Waals surface area contributed by atoms with Gasteiger partial charge >= 0.3 is 0 Å². The molecule has 24 heavy (non-hydrogen) atoms. The van der Waals surface area contributed by atoms with Crippen LogP contribution >= 0.6 is 0 Å². The molecule has 3 aliphatic rings. The molecule has 7 nitrogen and oxygen atoms in total. The molecule has 0 radical (unpaired) electrons. The van der Waals surface area contributed by atoms with Crippen LogP contribution in [-0.4, -0.2) is 37.9 Å². The Hall–Kier alpha value is -2.02. The summed E-state index contributed by atoms with van der Waals surface area (Å²) in [4.78, 5) is 18.8. The summed E-state index contributed by atoms with van der Waals surface area (Å²) < 4.78 is 6.94. The molecule has 2 saturated carbocycles. The predicted octanol–water partition coefficient (Wildman–Crippen LogP) is 1.51. The van der Waals surface area contributed by atoms with E-state index in [9.17, 15) is 4.79 Å². The standard InChI is InChI=1S/C17H21N5O2/c23-16-6-5-14(12-1-2-12)19-22(16)9-11-7-21(8-11)10-15-18-17(24-20-15)13-3-4-13/h5-6,11-13H,1-4,7-10H2. The Balaban J connectivity index is 1.16. The van der Waals surface area contributed by atoms with E-state index in [1.54, 1.807) is 10.7 Å². The van der Waals surface area contributed by atoms with E-state index in [1.807, 2.05) is 6.07 Å². The Morgan fingerprint density at radius 3 is 2.67 bits per heavy atom. The zero-order valence-electron chi connectivity index (χ0n) is 13.6. The normalized spacial score (nSPS) is 21.8. The topological polar surface area (TPSA) is 77.0 Å². The molecule has 0 amide bonds. The second-order valence-electron chi connectivity index (χ2n) is 7.44. The lowest BCUT2D eigenvalue weighted by molar-refractivity contribution is 0.0731. The predicted molar refractivity (Wildman–Crippen MR) is 85.5 cm³/mol. The van der Waals surface area contributed by atoms with E-state index >= 15 is 0 Å². The van der Waals surface area contributed by atoms with Crippen LogP contribution in [0.1, 0.15) is 54.9 Å². The summed E-state index contributed by atoms with van der Waals surface area (Å²) in [5, 5.41) is 8.61. The average molecular weight is 327 g/mol. The number of nitrogens with zero attached hydrogens (tertiary/aromatic N) is 5. The lowest BCUT2D eigenvalue weighted by Crippen LogP contribution is -2.49. The molecule has 0 unspecified atom stereocenters. The Morgan fingerprint density at radius 2 is 1.92 bits per heavy atom. The highest BCUT2D eigenvalue weighted by Crippen LogP contribution is 2.39. The highest BCUT2D eigenvalue weighted by atomic mass is 16.5. The molecule has 0 bridgehead atoms. The zero-order chi connectivity index (χ0) is 16.1. The molecule has 0 N–H and O–H groups in total. The third kappa shape index (κ3) is 2.88. The van der Waals surface area contributed by atoms with Crippen LogP contribution in [-0.2, 0) is 13.1 Å². The average Bonchev–Trinajstić information content (AvgIpc) is 3.46. The van der Waals surface area contributed by atoms with E-state index in [4.69, 9.17) is 4.52 Å². The Kier molecular flexibility index (Phi) is 3.29. The first-order valence-electron chi connectivity index (χ1n) is 8.87. The minimum absolute atomic E-state index is 0.00472. The van der Waals surface area contributed by atoms with Crippen molar-refractivity contribution in [2.75, 3.05) is 13.1 Å². The van der Waals surface area contributed by atoms with Crippen LogP contribution in [0.2, 0.25) is 0 Å². The van der Waals surface area contributed by atoms with Crippen molar-refractivity contribution in [2.45, 2.75) is 50.6 Å². The van der Waals surface area contributed by atoms with E-state index in [1.165, 1.54) is 25.7 Å². The summed E-state index contributed by atoms with van der Waals surface area (Å²) in [6, 6.07) is 3.55. The van der Waals surface area contributed by atoms with Crippen LogP contribution in [0.3, 0.4) is 0 Å². The second-order valence-corrected chi connectivity index (χ2v) is 7.44. The van der Waals surface area contributed by atoms with Gasteiger partial charge in [0.05, 0.1) is 18.8 Å². The molecule has 2 aliphatic carbocycles. The number of rotatable bonds is 6. The Bertz CT molecular complexity index is 799. The van der Waals surface area contributed by atoms with Gasteiger partial charge in [0.25, 0.3) is 5.56 Å². The molecule has 3 heterocycles. The van der Waals surface area contributed by atoms with Gasteiger partial charge in [-0.25, -0.2) is 4.68 Å². The van der Waals surface area contributed by atoms with Gasteiger partial charge in [0.2, 0.25) is 5.89 Å². The fourth-order valence-corrected chi connectivity index (χ4v) is 3.39. The minimum Gasteiger partial charge on any atom is -0.339 e. The molecule has 2 aromatic rings. The van der Waals surface area contributed by atoms with E-state index in [0.717, 1.165) is 37.0 Å². The van der Waals surface area contributed by atoms with Crippen LogP contribution < -0.4 is 5.56 Å². The van der Waals surface area contributed by atoms with Gasteiger partial charge in [-0.15, -0.1) is 0 Å². The first-order valence-corrected chi connectivity index (χ1v) is 8.87. The van der Waals surface area contributed by atoms with E-state index in [-0.39, 0.29) is 5.56 Å². The van der Waals surface area contributed by atoms with E-state index in [0.29, 0.717) is 24.3 Å². The van der Waals surface area contributed by atoms with Gasteiger partial charge < -0.3 is 4.52 Å². The maximum atomic E-state index is 12.0. The summed E-state index contributed by atoms with van der Waals surface area (Å²) in [7, 11) is 0. The molecule has 126 valence electrons. The number of hydrogen-bond donors (Lipinski definition) is 0. The SMILES string of the molecule is O=c1ccc(C2CC2)nn1CC1CN(Cc2noc(C3CC3)n2)C1. The molecule has 1 saturated heterocycles. The van der Waals surface area contributed by atoms with Gasteiger partial charge in [-0.1, -0.05) is 5.16 Å². The van der Waals surface area contributed by atoms with Crippen molar-refractivity contribution in [3.05, 3.63) is 39.9 Å². The molecule has 0 spiro atoms. The van der Waals surface area contributed by atoms with Crippen LogP contribution in [0.5, 0.6) is 0 Å². The third-order valence-corrected chi connectivity index (χ3v) is 5.12. The van der Waals surface area contributed by atoms with Gasteiger partial charge in [0.15, 0.2) is 5.82 Å². The second kappa shape index (κ2) is 5.51. The molecule has 7 heteroatoms. The molecule has 1 aliphatic heterocycles. The lowest BCUT2D eigenvalue weighted by atomic mass is 10.0. The monoisotopic (exact) mass is 327 g/mol. The van der Waals surface area contributed by atoms with Crippen molar-refractivity contribution in [1.82, 2.24) is 24.8 Å². The highest BCUT2D eigenvalue weighted by Gasteiger charge is 2.32. The molecule has 2 aromatic heterocycles. The van der Waals surface area contributed by atoms with E-state index in [2.05, 4.69) is 20.1 Å². The van der Waals surface area contributed by atoms with Crippen molar-refractivity contribution in [1.29, 1.82) is 0 Å². The zero-order valence-corrected chi connectivity index (χ0v) is 13.6. The van der Waals surface area contributed by atoms with Crippen LogP contribution in [0.25, 0.3) is 0 Å². The summed E-state index contributed by atoms with van der Waals surface area (Å²) in [5.74, 6) is 3.14. The van der Waals surface area contributed by atoms with Crippen LogP contribution in [0, 0.1) is 5.92 Å². The molecule has 5 rings (SSSR count). The number of aromatic nitrogens is 4. The largest absolute Gasteiger partial charge is 0.339 e. The van der Waals surface area contributed by atoms with Gasteiger partial charge in [-0.3, -0.25) is 9.69 Å². The van der Waals surface area contributed by atoms with Gasteiger partial charge in [0.1, 0.15) is 0 Å². The van der Waals surface area contributed by atoms with Gasteiger partial charge in [0, 0.05) is 36.9 Å². The first-order chi connectivity index (χ1) is 11.7. The van der Waals surface area contributed by atoms with Crippen LogP contribution in [0.15, 0.2) is 21.5 Å². The third-order valence-electron chi connectivity index (χ3n) is 5.12. The molecule has 0 aromatic carbocycles. The molecule has 3 fully saturated rings. The number of likely N-dealkylation sites (tertiary alicyclic amines) is 1. The minimum atomic E-state index is 0.00472. The Labute approximate surface area is 139 Å².